The first-order valence-corrected chi connectivity index (χ1v) is 8.47. The Morgan fingerprint density at radius 1 is 1.38 bits per heavy atom. The second-order valence-electron chi connectivity index (χ2n) is 6.53. The lowest BCUT2D eigenvalue weighted by Crippen LogP contribution is -2.43. The van der Waals surface area contributed by atoms with Crippen LogP contribution in [0.1, 0.15) is 49.1 Å². The Labute approximate surface area is 140 Å². The van der Waals surface area contributed by atoms with E-state index >= 15 is 0 Å². The zero-order valence-corrected chi connectivity index (χ0v) is 14.1. The van der Waals surface area contributed by atoms with Gasteiger partial charge in [-0.1, -0.05) is 25.5 Å². The summed E-state index contributed by atoms with van der Waals surface area (Å²) in [6, 6.07) is 7.71. The molecule has 0 bridgehead atoms. The minimum absolute atomic E-state index is 0.0104. The lowest BCUT2D eigenvalue weighted by molar-refractivity contribution is 0.0687. The van der Waals surface area contributed by atoms with Crippen LogP contribution < -0.4 is 5.56 Å². The van der Waals surface area contributed by atoms with Gasteiger partial charge in [0.15, 0.2) is 0 Å². The molecule has 1 saturated heterocycles. The highest BCUT2D eigenvalue weighted by Gasteiger charge is 2.29. The number of carboxylic acids is 1. The van der Waals surface area contributed by atoms with Gasteiger partial charge in [-0.05, 0) is 38.4 Å². The summed E-state index contributed by atoms with van der Waals surface area (Å²) >= 11 is 0. The van der Waals surface area contributed by atoms with E-state index in [1.807, 2.05) is 18.2 Å². The first-order chi connectivity index (χ1) is 11.5. The number of rotatable bonds is 4. The van der Waals surface area contributed by atoms with Crippen LogP contribution in [0.5, 0.6) is 0 Å². The van der Waals surface area contributed by atoms with Crippen molar-refractivity contribution in [3.05, 3.63) is 40.3 Å². The molecule has 0 spiro atoms. The molecule has 2 atom stereocenters. The van der Waals surface area contributed by atoms with Crippen LogP contribution in [0, 0.1) is 0 Å². The third kappa shape index (κ3) is 2.94. The molecule has 0 aliphatic carbocycles. The normalized spacial score (nSPS) is 21.9. The molecule has 1 aromatic heterocycles. The van der Waals surface area contributed by atoms with Gasteiger partial charge in [-0.3, -0.25) is 4.79 Å². The Kier molecular flexibility index (Phi) is 4.66. The Hall–Kier alpha value is -2.21. The Morgan fingerprint density at radius 2 is 2.12 bits per heavy atom. The van der Waals surface area contributed by atoms with Gasteiger partial charge >= 0.3 is 5.97 Å². The van der Waals surface area contributed by atoms with Crippen LogP contribution >= 0.6 is 0 Å². The minimum Gasteiger partial charge on any atom is -0.476 e. The second-order valence-corrected chi connectivity index (χ2v) is 6.53. The van der Waals surface area contributed by atoms with Crippen LogP contribution in [-0.2, 0) is 0 Å². The monoisotopic (exact) mass is 329 g/mol. The zero-order chi connectivity index (χ0) is 17.3. The quantitative estimate of drug-likeness (QED) is 0.933. The van der Waals surface area contributed by atoms with Gasteiger partial charge in [0.2, 0.25) is 5.69 Å². The van der Waals surface area contributed by atoms with E-state index in [9.17, 15) is 14.7 Å². The number of nitrogens with zero attached hydrogens (tertiary/aromatic N) is 3. The van der Waals surface area contributed by atoms with Gasteiger partial charge in [0.1, 0.15) is 0 Å². The molecule has 1 N–H and O–H groups in total. The summed E-state index contributed by atoms with van der Waals surface area (Å²) in [6.07, 6.45) is 3.87. The lowest BCUT2D eigenvalue weighted by Gasteiger charge is -2.38. The highest BCUT2D eigenvalue weighted by atomic mass is 16.4. The van der Waals surface area contributed by atoms with Gasteiger partial charge in [0, 0.05) is 18.6 Å². The van der Waals surface area contributed by atoms with Gasteiger partial charge in [-0.2, -0.15) is 0 Å². The molecule has 6 nitrogen and oxygen atoms in total. The average molecular weight is 329 g/mol. The number of aromatic carboxylic acids is 1. The molecule has 24 heavy (non-hydrogen) atoms. The van der Waals surface area contributed by atoms with Crippen molar-refractivity contribution in [2.45, 2.75) is 44.7 Å². The summed E-state index contributed by atoms with van der Waals surface area (Å²) in [5.74, 6) is -1.27. The van der Waals surface area contributed by atoms with E-state index in [1.54, 1.807) is 10.6 Å². The average Bonchev–Trinajstić information content (AvgIpc) is 2.56. The first-order valence-electron chi connectivity index (χ1n) is 8.47. The lowest BCUT2D eigenvalue weighted by atomic mass is 9.94. The SMILES string of the molecule is CCC[C@H]1C[C@@H](n2c(=O)c(C(=O)O)nc3ccccc32)CCN1C. The fourth-order valence-electron chi connectivity index (χ4n) is 3.71. The van der Waals surface area contributed by atoms with Gasteiger partial charge in [0.05, 0.1) is 11.0 Å². The van der Waals surface area contributed by atoms with Gasteiger partial charge in [-0.25, -0.2) is 9.78 Å². The second kappa shape index (κ2) is 6.73. The molecule has 2 aromatic rings. The molecule has 2 heterocycles. The van der Waals surface area contributed by atoms with E-state index in [1.165, 1.54) is 0 Å². The zero-order valence-electron chi connectivity index (χ0n) is 14.1. The van der Waals surface area contributed by atoms with Crippen molar-refractivity contribution in [3.63, 3.8) is 0 Å². The molecule has 0 saturated carbocycles. The van der Waals surface area contributed by atoms with Gasteiger partial charge in [0.25, 0.3) is 5.56 Å². The van der Waals surface area contributed by atoms with Crippen LogP contribution in [0.3, 0.4) is 0 Å². The van der Waals surface area contributed by atoms with Crippen LogP contribution in [0.4, 0.5) is 0 Å². The maximum absolute atomic E-state index is 12.8. The highest BCUT2D eigenvalue weighted by molar-refractivity contribution is 5.88. The van der Waals surface area contributed by atoms with Crippen molar-refractivity contribution < 1.29 is 9.90 Å². The summed E-state index contributed by atoms with van der Waals surface area (Å²) in [4.78, 5) is 30.6. The predicted molar refractivity (Wildman–Crippen MR) is 92.6 cm³/mol. The summed E-state index contributed by atoms with van der Waals surface area (Å²) in [5.41, 5.74) is 0.392. The number of carboxylic acid groups (broad SMARTS) is 1. The maximum atomic E-state index is 12.8. The minimum atomic E-state index is -1.27. The summed E-state index contributed by atoms with van der Waals surface area (Å²) in [6.45, 7) is 3.06. The maximum Gasteiger partial charge on any atom is 0.360 e. The number of para-hydroxylation sites is 2. The van der Waals surface area contributed by atoms with E-state index in [0.717, 1.165) is 37.7 Å². The van der Waals surface area contributed by atoms with E-state index in [-0.39, 0.29) is 11.7 Å². The van der Waals surface area contributed by atoms with E-state index in [2.05, 4.69) is 23.9 Å². The fourth-order valence-corrected chi connectivity index (χ4v) is 3.71. The number of aromatic nitrogens is 2. The number of likely N-dealkylation sites (tertiary alicyclic amines) is 1. The predicted octanol–water partition coefficient (Wildman–Crippen LogP) is 2.53. The number of hydrogen-bond acceptors (Lipinski definition) is 4. The topological polar surface area (TPSA) is 75.4 Å². The summed E-state index contributed by atoms with van der Waals surface area (Å²) < 4.78 is 1.67. The Balaban J connectivity index is 2.12. The molecule has 1 fully saturated rings. The first kappa shape index (κ1) is 16.6. The number of hydrogen-bond donors (Lipinski definition) is 1. The van der Waals surface area contributed by atoms with Crippen molar-refractivity contribution in [2.75, 3.05) is 13.6 Å². The molecule has 128 valence electrons. The van der Waals surface area contributed by atoms with E-state index in [0.29, 0.717) is 11.6 Å². The van der Waals surface area contributed by atoms with Crippen LogP contribution in [0.25, 0.3) is 11.0 Å². The standard InChI is InChI=1S/C18H23N3O3/c1-3-6-12-11-13(9-10-20(12)2)21-15-8-5-4-7-14(15)19-16(17(21)22)18(23)24/h4-5,7-8,12-13H,3,6,9-11H2,1-2H3,(H,23,24)/t12-,13-/m0/s1. The number of piperidine rings is 1. The Bertz CT molecular complexity index is 815. The van der Waals surface area contributed by atoms with Crippen LogP contribution in [0.15, 0.2) is 29.1 Å². The molecule has 6 heteroatoms. The highest BCUT2D eigenvalue weighted by Crippen LogP contribution is 2.29. The molecule has 1 aliphatic heterocycles. The Morgan fingerprint density at radius 3 is 2.83 bits per heavy atom. The molecule has 0 amide bonds. The number of fused-ring (bicyclic) bond motifs is 1. The molecule has 1 aromatic carbocycles. The third-order valence-electron chi connectivity index (χ3n) is 4.97. The number of benzene rings is 1. The third-order valence-corrected chi connectivity index (χ3v) is 4.97. The molecular formula is C18H23N3O3. The number of carbonyl (C=O) groups is 1. The van der Waals surface area contributed by atoms with E-state index in [4.69, 9.17) is 0 Å². The van der Waals surface area contributed by atoms with Crippen molar-refractivity contribution in [2.24, 2.45) is 0 Å². The van der Waals surface area contributed by atoms with Gasteiger partial charge in [-0.15, -0.1) is 0 Å². The summed E-state index contributed by atoms with van der Waals surface area (Å²) in [5, 5.41) is 9.34. The van der Waals surface area contributed by atoms with Crippen molar-refractivity contribution in [3.8, 4) is 0 Å². The molecule has 1 aliphatic rings. The van der Waals surface area contributed by atoms with Gasteiger partial charge < -0.3 is 14.6 Å². The molecule has 0 radical (unpaired) electrons. The van der Waals surface area contributed by atoms with Crippen molar-refractivity contribution >= 4 is 17.0 Å². The van der Waals surface area contributed by atoms with E-state index < -0.39 is 11.5 Å². The van der Waals surface area contributed by atoms with Crippen LogP contribution in [0.2, 0.25) is 0 Å². The molecule has 3 rings (SSSR count). The van der Waals surface area contributed by atoms with Crippen LogP contribution in [-0.4, -0.2) is 45.2 Å². The largest absolute Gasteiger partial charge is 0.476 e. The smallest absolute Gasteiger partial charge is 0.360 e. The van der Waals surface area contributed by atoms with Crippen molar-refractivity contribution in [1.29, 1.82) is 0 Å². The summed E-state index contributed by atoms with van der Waals surface area (Å²) in [7, 11) is 2.12. The molecular weight excluding hydrogens is 306 g/mol. The van der Waals surface area contributed by atoms with Crippen molar-refractivity contribution in [1.82, 2.24) is 14.5 Å². The fraction of sp³-hybridized carbons (Fsp3) is 0.500. The molecule has 0 unspecified atom stereocenters.